The zero-order valence-electron chi connectivity index (χ0n) is 16.3. The number of para-hydroxylation sites is 1. The SMILES string of the molecule is Cc1nn(-c2ccccc2)c(C)c1NC(=O)COC(=O)c1ccc(N)c([N+](=O)[O-])c1. The summed E-state index contributed by atoms with van der Waals surface area (Å²) < 4.78 is 6.67. The van der Waals surface area contributed by atoms with Gasteiger partial charge in [-0.3, -0.25) is 14.9 Å². The van der Waals surface area contributed by atoms with Crippen LogP contribution in [0.3, 0.4) is 0 Å². The van der Waals surface area contributed by atoms with Crippen LogP contribution in [0.4, 0.5) is 17.1 Å². The van der Waals surface area contributed by atoms with Crippen LogP contribution in [-0.4, -0.2) is 33.2 Å². The minimum absolute atomic E-state index is 0.0735. The van der Waals surface area contributed by atoms with Crippen molar-refractivity contribution in [3.8, 4) is 5.69 Å². The van der Waals surface area contributed by atoms with Gasteiger partial charge in [-0.2, -0.15) is 5.10 Å². The number of nitro benzene ring substituents is 1. The van der Waals surface area contributed by atoms with Gasteiger partial charge in [0.2, 0.25) is 0 Å². The highest BCUT2D eigenvalue weighted by Gasteiger charge is 2.19. The first-order chi connectivity index (χ1) is 14.3. The third-order valence-electron chi connectivity index (χ3n) is 4.35. The number of nitrogens with zero attached hydrogens (tertiary/aromatic N) is 3. The topological polar surface area (TPSA) is 142 Å². The fourth-order valence-corrected chi connectivity index (χ4v) is 2.86. The van der Waals surface area contributed by atoms with Gasteiger partial charge < -0.3 is 15.8 Å². The van der Waals surface area contributed by atoms with Gasteiger partial charge in [0.15, 0.2) is 6.61 Å². The maximum atomic E-state index is 12.3. The number of benzene rings is 2. The summed E-state index contributed by atoms with van der Waals surface area (Å²) >= 11 is 0. The number of carbonyl (C=O) groups is 2. The minimum atomic E-state index is -0.873. The molecule has 0 unspecified atom stereocenters. The molecule has 0 saturated heterocycles. The Morgan fingerprint density at radius 2 is 1.90 bits per heavy atom. The third-order valence-corrected chi connectivity index (χ3v) is 4.35. The van der Waals surface area contributed by atoms with Crippen molar-refractivity contribution in [2.45, 2.75) is 13.8 Å². The second kappa shape index (κ2) is 8.43. The Balaban J connectivity index is 1.67. The first kappa shape index (κ1) is 20.5. The Bertz CT molecular complexity index is 1120. The molecule has 0 aliphatic heterocycles. The summed E-state index contributed by atoms with van der Waals surface area (Å²) in [5, 5.41) is 18.1. The van der Waals surface area contributed by atoms with E-state index in [2.05, 4.69) is 10.4 Å². The molecule has 1 heterocycles. The maximum absolute atomic E-state index is 12.3. The van der Waals surface area contributed by atoms with E-state index in [1.54, 1.807) is 11.6 Å². The van der Waals surface area contributed by atoms with Gasteiger partial charge in [0.25, 0.3) is 11.6 Å². The molecule has 2 aromatic carbocycles. The van der Waals surface area contributed by atoms with Crippen molar-refractivity contribution in [1.29, 1.82) is 0 Å². The molecule has 0 atom stereocenters. The van der Waals surface area contributed by atoms with E-state index < -0.39 is 29.1 Å². The van der Waals surface area contributed by atoms with Crippen LogP contribution in [0.5, 0.6) is 0 Å². The quantitative estimate of drug-likeness (QED) is 0.276. The van der Waals surface area contributed by atoms with Gasteiger partial charge in [0.1, 0.15) is 5.69 Å². The van der Waals surface area contributed by atoms with E-state index in [0.29, 0.717) is 17.1 Å². The van der Waals surface area contributed by atoms with Gasteiger partial charge in [-0.25, -0.2) is 9.48 Å². The summed E-state index contributed by atoms with van der Waals surface area (Å²) in [5.41, 5.74) is 7.62. The molecule has 0 fully saturated rings. The molecule has 0 saturated carbocycles. The number of esters is 1. The second-order valence-corrected chi connectivity index (χ2v) is 6.45. The summed E-state index contributed by atoms with van der Waals surface area (Å²) in [4.78, 5) is 34.6. The lowest BCUT2D eigenvalue weighted by atomic mass is 10.2. The molecule has 0 aliphatic rings. The van der Waals surface area contributed by atoms with Crippen LogP contribution in [0, 0.1) is 24.0 Å². The number of nitrogens with two attached hydrogens (primary N) is 1. The van der Waals surface area contributed by atoms with Gasteiger partial charge in [-0.05, 0) is 38.1 Å². The van der Waals surface area contributed by atoms with Gasteiger partial charge in [-0.15, -0.1) is 0 Å². The number of nitrogen functional groups attached to an aromatic ring is 1. The van der Waals surface area contributed by atoms with Crippen molar-refractivity contribution >= 4 is 28.9 Å². The number of hydrogen-bond acceptors (Lipinski definition) is 7. The summed E-state index contributed by atoms with van der Waals surface area (Å²) in [5.74, 6) is -1.44. The van der Waals surface area contributed by atoms with Crippen LogP contribution in [-0.2, 0) is 9.53 Å². The number of amides is 1. The smallest absolute Gasteiger partial charge is 0.338 e. The Labute approximate surface area is 171 Å². The number of nitro groups is 1. The molecular weight excluding hydrogens is 390 g/mol. The molecule has 1 amide bonds. The molecule has 3 rings (SSSR count). The van der Waals surface area contributed by atoms with Gasteiger partial charge in [-0.1, -0.05) is 18.2 Å². The number of carbonyl (C=O) groups excluding carboxylic acids is 2. The molecule has 0 bridgehead atoms. The fraction of sp³-hybridized carbons (Fsp3) is 0.150. The molecule has 30 heavy (non-hydrogen) atoms. The lowest BCUT2D eigenvalue weighted by Crippen LogP contribution is -2.21. The Morgan fingerprint density at radius 3 is 2.57 bits per heavy atom. The van der Waals surface area contributed by atoms with E-state index in [4.69, 9.17) is 10.5 Å². The van der Waals surface area contributed by atoms with Crippen molar-refractivity contribution < 1.29 is 19.2 Å². The van der Waals surface area contributed by atoms with Crippen molar-refractivity contribution in [1.82, 2.24) is 9.78 Å². The highest BCUT2D eigenvalue weighted by atomic mass is 16.6. The second-order valence-electron chi connectivity index (χ2n) is 6.45. The van der Waals surface area contributed by atoms with Gasteiger partial charge in [0.05, 0.1) is 33.2 Å². The number of hydrogen-bond donors (Lipinski definition) is 2. The lowest BCUT2D eigenvalue weighted by molar-refractivity contribution is -0.383. The zero-order valence-corrected chi connectivity index (χ0v) is 16.3. The van der Waals surface area contributed by atoms with Crippen molar-refractivity contribution in [3.63, 3.8) is 0 Å². The first-order valence-electron chi connectivity index (χ1n) is 8.90. The van der Waals surface area contributed by atoms with Crippen LogP contribution in [0.1, 0.15) is 21.7 Å². The Kier molecular flexibility index (Phi) is 5.77. The molecule has 0 aliphatic carbocycles. The third kappa shape index (κ3) is 4.27. The number of nitrogens with one attached hydrogen (secondary N) is 1. The molecule has 1 aromatic heterocycles. The van der Waals surface area contributed by atoms with E-state index in [1.807, 2.05) is 37.3 Å². The highest BCUT2D eigenvalue weighted by molar-refractivity contribution is 5.96. The van der Waals surface area contributed by atoms with Crippen LogP contribution in [0.25, 0.3) is 5.69 Å². The highest BCUT2D eigenvalue weighted by Crippen LogP contribution is 2.24. The average molecular weight is 409 g/mol. The molecule has 3 aromatic rings. The summed E-state index contributed by atoms with van der Waals surface area (Å²) in [7, 11) is 0. The zero-order chi connectivity index (χ0) is 21.8. The average Bonchev–Trinajstić information content (AvgIpc) is 3.01. The summed E-state index contributed by atoms with van der Waals surface area (Å²) in [6.07, 6.45) is 0. The molecule has 154 valence electrons. The summed E-state index contributed by atoms with van der Waals surface area (Å²) in [6.45, 7) is 3.00. The van der Waals surface area contributed by atoms with Gasteiger partial charge >= 0.3 is 5.97 Å². The first-order valence-corrected chi connectivity index (χ1v) is 8.90. The van der Waals surface area contributed by atoms with E-state index in [-0.39, 0.29) is 11.3 Å². The van der Waals surface area contributed by atoms with E-state index in [1.165, 1.54) is 12.1 Å². The van der Waals surface area contributed by atoms with Crippen molar-refractivity contribution in [2.75, 3.05) is 17.7 Å². The predicted molar refractivity (Wildman–Crippen MR) is 109 cm³/mol. The fourth-order valence-electron chi connectivity index (χ4n) is 2.86. The van der Waals surface area contributed by atoms with Crippen LogP contribution in [0.2, 0.25) is 0 Å². The maximum Gasteiger partial charge on any atom is 0.338 e. The largest absolute Gasteiger partial charge is 0.452 e. The number of aryl methyl sites for hydroxylation is 1. The number of anilines is 2. The molecule has 0 spiro atoms. The predicted octanol–water partition coefficient (Wildman–Crippen LogP) is 2.78. The molecule has 10 heteroatoms. The van der Waals surface area contributed by atoms with Crippen molar-refractivity contribution in [3.05, 3.63) is 75.6 Å². The van der Waals surface area contributed by atoms with E-state index in [0.717, 1.165) is 11.8 Å². The van der Waals surface area contributed by atoms with Gasteiger partial charge in [0, 0.05) is 6.07 Å². The summed E-state index contributed by atoms with van der Waals surface area (Å²) in [6, 6.07) is 13.0. The van der Waals surface area contributed by atoms with Crippen molar-refractivity contribution in [2.24, 2.45) is 0 Å². The number of aromatic nitrogens is 2. The monoisotopic (exact) mass is 409 g/mol. The van der Waals surface area contributed by atoms with Crippen LogP contribution < -0.4 is 11.1 Å². The molecular formula is C20H19N5O5. The lowest BCUT2D eigenvalue weighted by Gasteiger charge is -2.08. The van der Waals surface area contributed by atoms with Crippen LogP contribution >= 0.6 is 0 Å². The molecule has 3 N–H and O–H groups in total. The van der Waals surface area contributed by atoms with Crippen LogP contribution in [0.15, 0.2) is 48.5 Å². The number of ether oxygens (including phenoxy) is 1. The molecule has 0 radical (unpaired) electrons. The van der Waals surface area contributed by atoms with E-state index in [9.17, 15) is 19.7 Å². The normalized spacial score (nSPS) is 10.5. The van der Waals surface area contributed by atoms with E-state index >= 15 is 0 Å². The minimum Gasteiger partial charge on any atom is -0.452 e. The standard InChI is InChI=1S/C20H19N5O5/c1-12-19(13(2)24(23-12)15-6-4-3-5-7-15)22-18(26)11-30-20(27)14-8-9-16(21)17(10-14)25(28)29/h3-10H,11,21H2,1-2H3,(H,22,26). The molecule has 10 nitrogen and oxygen atoms in total. The number of rotatable bonds is 6. The Morgan fingerprint density at radius 1 is 1.20 bits per heavy atom. The Hall–Kier alpha value is -4.21.